The lowest BCUT2D eigenvalue weighted by Gasteiger charge is -2.32. The maximum absolute atomic E-state index is 5.92. The van der Waals surface area contributed by atoms with Gasteiger partial charge in [0.15, 0.2) is 0 Å². The lowest BCUT2D eigenvalue weighted by Crippen LogP contribution is -2.43. The molecule has 0 spiro atoms. The van der Waals surface area contributed by atoms with Crippen molar-refractivity contribution in [1.82, 2.24) is 4.90 Å². The highest BCUT2D eigenvalue weighted by molar-refractivity contribution is 4.76. The second kappa shape index (κ2) is 4.43. The van der Waals surface area contributed by atoms with Crippen LogP contribution < -0.4 is 5.73 Å². The van der Waals surface area contributed by atoms with Crippen molar-refractivity contribution < 1.29 is 0 Å². The molecule has 1 rings (SSSR count). The molecule has 13 heavy (non-hydrogen) atoms. The Morgan fingerprint density at radius 3 is 2.62 bits per heavy atom. The standard InChI is InChI=1S/C11H24N2/c1-11(2,3)6-8-13-7-4-5-10(12)9-13/h10H,4-9,12H2,1-3H3. The first-order valence-electron chi connectivity index (χ1n) is 5.45. The smallest absolute Gasteiger partial charge is 0.0168 e. The number of piperidine rings is 1. The predicted octanol–water partition coefficient (Wildman–Crippen LogP) is 1.85. The molecule has 0 radical (unpaired) electrons. The van der Waals surface area contributed by atoms with Gasteiger partial charge in [0.1, 0.15) is 0 Å². The molecule has 0 saturated carbocycles. The zero-order valence-corrected chi connectivity index (χ0v) is 9.34. The molecular formula is C11H24N2. The summed E-state index contributed by atoms with van der Waals surface area (Å²) < 4.78 is 0. The topological polar surface area (TPSA) is 29.3 Å². The van der Waals surface area contributed by atoms with E-state index in [0.29, 0.717) is 11.5 Å². The Balaban J connectivity index is 2.21. The lowest BCUT2D eigenvalue weighted by atomic mass is 9.91. The first-order valence-corrected chi connectivity index (χ1v) is 5.45. The van der Waals surface area contributed by atoms with Gasteiger partial charge in [0.05, 0.1) is 0 Å². The number of nitrogens with two attached hydrogens (primary N) is 1. The normalized spacial score (nSPS) is 26.3. The number of hydrogen-bond acceptors (Lipinski definition) is 2. The molecule has 0 aromatic carbocycles. The van der Waals surface area contributed by atoms with Crippen LogP contribution in [0, 0.1) is 5.41 Å². The summed E-state index contributed by atoms with van der Waals surface area (Å²) in [5, 5.41) is 0. The summed E-state index contributed by atoms with van der Waals surface area (Å²) >= 11 is 0. The molecular weight excluding hydrogens is 160 g/mol. The van der Waals surface area contributed by atoms with Gasteiger partial charge in [0.25, 0.3) is 0 Å². The van der Waals surface area contributed by atoms with Crippen LogP contribution in [0.25, 0.3) is 0 Å². The minimum Gasteiger partial charge on any atom is -0.327 e. The van der Waals surface area contributed by atoms with Crippen molar-refractivity contribution in [3.63, 3.8) is 0 Å². The predicted molar refractivity (Wildman–Crippen MR) is 57.7 cm³/mol. The Hall–Kier alpha value is -0.0800. The number of hydrogen-bond donors (Lipinski definition) is 1. The summed E-state index contributed by atoms with van der Waals surface area (Å²) in [5.41, 5.74) is 6.38. The molecule has 1 unspecified atom stereocenters. The fourth-order valence-electron chi connectivity index (χ4n) is 1.79. The van der Waals surface area contributed by atoms with Gasteiger partial charge in [0, 0.05) is 12.6 Å². The van der Waals surface area contributed by atoms with Crippen molar-refractivity contribution in [2.24, 2.45) is 11.1 Å². The van der Waals surface area contributed by atoms with Gasteiger partial charge in [-0.3, -0.25) is 0 Å². The van der Waals surface area contributed by atoms with Gasteiger partial charge < -0.3 is 10.6 Å². The van der Waals surface area contributed by atoms with E-state index in [-0.39, 0.29) is 0 Å². The molecule has 0 aliphatic carbocycles. The first-order chi connectivity index (χ1) is 5.97. The van der Waals surface area contributed by atoms with Crippen LogP contribution in [0.5, 0.6) is 0 Å². The number of nitrogens with zero attached hydrogens (tertiary/aromatic N) is 1. The van der Waals surface area contributed by atoms with Gasteiger partial charge in [-0.05, 0) is 37.8 Å². The summed E-state index contributed by atoms with van der Waals surface area (Å²) in [6, 6.07) is 0.425. The third kappa shape index (κ3) is 4.63. The van der Waals surface area contributed by atoms with E-state index in [1.165, 1.54) is 32.4 Å². The third-order valence-corrected chi connectivity index (χ3v) is 2.72. The Morgan fingerprint density at radius 1 is 1.38 bits per heavy atom. The molecule has 0 aromatic heterocycles. The molecule has 2 nitrogen and oxygen atoms in total. The second-order valence-corrected chi connectivity index (χ2v) is 5.51. The average molecular weight is 184 g/mol. The summed E-state index contributed by atoms with van der Waals surface area (Å²) in [7, 11) is 0. The van der Waals surface area contributed by atoms with Crippen LogP contribution in [0.15, 0.2) is 0 Å². The molecule has 0 aromatic rings. The summed E-state index contributed by atoms with van der Waals surface area (Å²) in [4.78, 5) is 2.51. The van der Waals surface area contributed by atoms with Crippen LogP contribution >= 0.6 is 0 Å². The van der Waals surface area contributed by atoms with Gasteiger partial charge >= 0.3 is 0 Å². The van der Waals surface area contributed by atoms with E-state index in [4.69, 9.17) is 5.73 Å². The molecule has 0 amide bonds. The fraction of sp³-hybridized carbons (Fsp3) is 1.00. The van der Waals surface area contributed by atoms with Crippen LogP contribution in [0.4, 0.5) is 0 Å². The highest BCUT2D eigenvalue weighted by atomic mass is 15.1. The van der Waals surface area contributed by atoms with Gasteiger partial charge in [-0.1, -0.05) is 20.8 Å². The highest BCUT2D eigenvalue weighted by Crippen LogP contribution is 2.20. The minimum atomic E-state index is 0.425. The van der Waals surface area contributed by atoms with E-state index in [1.54, 1.807) is 0 Å². The Morgan fingerprint density at radius 2 is 2.08 bits per heavy atom. The summed E-state index contributed by atoms with van der Waals surface area (Å²) in [5.74, 6) is 0. The maximum Gasteiger partial charge on any atom is 0.0168 e. The average Bonchev–Trinajstić information content (AvgIpc) is 2.00. The van der Waals surface area contributed by atoms with Crippen molar-refractivity contribution in [2.75, 3.05) is 19.6 Å². The van der Waals surface area contributed by atoms with E-state index in [9.17, 15) is 0 Å². The Bertz CT molecular complexity index is 149. The molecule has 1 atom stereocenters. The van der Waals surface area contributed by atoms with Crippen LogP contribution in [-0.4, -0.2) is 30.6 Å². The first kappa shape index (κ1) is 11.0. The van der Waals surface area contributed by atoms with E-state index in [0.717, 1.165) is 6.54 Å². The lowest BCUT2D eigenvalue weighted by molar-refractivity contribution is 0.182. The molecule has 0 bridgehead atoms. The van der Waals surface area contributed by atoms with Gasteiger partial charge in [-0.15, -0.1) is 0 Å². The monoisotopic (exact) mass is 184 g/mol. The molecule has 78 valence electrons. The fourth-order valence-corrected chi connectivity index (χ4v) is 1.79. The SMILES string of the molecule is CC(C)(C)CCN1CCCC(N)C1. The van der Waals surface area contributed by atoms with Crippen molar-refractivity contribution in [2.45, 2.75) is 46.1 Å². The third-order valence-electron chi connectivity index (χ3n) is 2.72. The van der Waals surface area contributed by atoms with E-state index >= 15 is 0 Å². The zero-order valence-electron chi connectivity index (χ0n) is 9.34. The van der Waals surface area contributed by atoms with E-state index < -0.39 is 0 Å². The van der Waals surface area contributed by atoms with E-state index in [2.05, 4.69) is 25.7 Å². The largest absolute Gasteiger partial charge is 0.327 e. The van der Waals surface area contributed by atoms with Crippen molar-refractivity contribution >= 4 is 0 Å². The molecule has 1 aliphatic heterocycles. The van der Waals surface area contributed by atoms with Gasteiger partial charge in [0.2, 0.25) is 0 Å². The molecule has 1 aliphatic rings. The highest BCUT2D eigenvalue weighted by Gasteiger charge is 2.18. The van der Waals surface area contributed by atoms with Crippen molar-refractivity contribution in [3.8, 4) is 0 Å². The molecule has 1 fully saturated rings. The second-order valence-electron chi connectivity index (χ2n) is 5.51. The molecule has 1 saturated heterocycles. The molecule has 1 heterocycles. The number of rotatable bonds is 2. The quantitative estimate of drug-likeness (QED) is 0.709. The molecule has 2 heteroatoms. The number of likely N-dealkylation sites (tertiary alicyclic amines) is 1. The zero-order chi connectivity index (χ0) is 9.90. The van der Waals surface area contributed by atoms with Crippen LogP contribution in [0.1, 0.15) is 40.0 Å². The minimum absolute atomic E-state index is 0.425. The van der Waals surface area contributed by atoms with Crippen LogP contribution in [0.2, 0.25) is 0 Å². The molecule has 2 N–H and O–H groups in total. The van der Waals surface area contributed by atoms with Crippen molar-refractivity contribution in [3.05, 3.63) is 0 Å². The summed E-state index contributed by atoms with van der Waals surface area (Å²) in [6.07, 6.45) is 3.77. The Labute approximate surface area is 82.5 Å². The van der Waals surface area contributed by atoms with Gasteiger partial charge in [-0.2, -0.15) is 0 Å². The Kier molecular flexibility index (Phi) is 3.74. The van der Waals surface area contributed by atoms with E-state index in [1.807, 2.05) is 0 Å². The summed E-state index contributed by atoms with van der Waals surface area (Å²) in [6.45, 7) is 10.5. The van der Waals surface area contributed by atoms with Gasteiger partial charge in [-0.25, -0.2) is 0 Å². The van der Waals surface area contributed by atoms with Crippen LogP contribution in [0.3, 0.4) is 0 Å². The maximum atomic E-state index is 5.92. The van der Waals surface area contributed by atoms with Crippen molar-refractivity contribution in [1.29, 1.82) is 0 Å². The van der Waals surface area contributed by atoms with Crippen LogP contribution in [-0.2, 0) is 0 Å².